The minimum atomic E-state index is -3.92. The number of pyridine rings is 1. The lowest BCUT2D eigenvalue weighted by Gasteiger charge is -2.19. The second-order valence-electron chi connectivity index (χ2n) is 8.30. The van der Waals surface area contributed by atoms with Gasteiger partial charge in [-0.1, -0.05) is 29.8 Å². The van der Waals surface area contributed by atoms with Gasteiger partial charge in [-0.15, -0.1) is 0 Å². The van der Waals surface area contributed by atoms with Crippen LogP contribution in [0.1, 0.15) is 39.7 Å². The van der Waals surface area contributed by atoms with Crippen LogP contribution in [0.3, 0.4) is 0 Å². The molecule has 0 bridgehead atoms. The third-order valence-corrected chi connectivity index (χ3v) is 7.18. The normalized spacial score (nSPS) is 12.9. The van der Waals surface area contributed by atoms with E-state index in [-0.39, 0.29) is 4.90 Å². The highest BCUT2D eigenvalue weighted by molar-refractivity contribution is 7.89. The second kappa shape index (κ2) is 8.50. The molecule has 2 aromatic heterocycles. The summed E-state index contributed by atoms with van der Waals surface area (Å²) in [5.74, 6) is 0. The van der Waals surface area contributed by atoms with Crippen LogP contribution in [0.2, 0.25) is 0 Å². The number of nitrogens with zero attached hydrogens (tertiary/aromatic N) is 2. The number of fused-ring (bicyclic) bond motifs is 1. The van der Waals surface area contributed by atoms with Gasteiger partial charge in [-0.25, -0.2) is 8.42 Å². The van der Waals surface area contributed by atoms with Gasteiger partial charge in [0.1, 0.15) is 0 Å². The van der Waals surface area contributed by atoms with Gasteiger partial charge in [0, 0.05) is 29.8 Å². The van der Waals surface area contributed by atoms with E-state index < -0.39 is 16.3 Å². The summed E-state index contributed by atoms with van der Waals surface area (Å²) in [6, 6.07) is 15.0. The SMILES string of the molecule is Cc1cc(C)c(Cn2c(C(O)NS(=O)(=O)c3ccncc3)cc3ccc(C)cc32)c(C)c1. The lowest BCUT2D eigenvalue weighted by Crippen LogP contribution is -2.30. The summed E-state index contributed by atoms with van der Waals surface area (Å²) in [6.07, 6.45) is 1.40. The van der Waals surface area contributed by atoms with Crippen molar-refractivity contribution in [2.45, 2.75) is 45.4 Å². The van der Waals surface area contributed by atoms with E-state index in [1.165, 1.54) is 30.1 Å². The van der Waals surface area contributed by atoms with Gasteiger partial charge in [-0.2, -0.15) is 4.72 Å². The Bertz CT molecular complexity index is 1370. The highest BCUT2D eigenvalue weighted by Crippen LogP contribution is 2.28. The van der Waals surface area contributed by atoms with Crippen LogP contribution in [0.4, 0.5) is 0 Å². The average Bonchev–Trinajstić information content (AvgIpc) is 3.08. The number of nitrogens with one attached hydrogen (secondary N) is 1. The van der Waals surface area contributed by atoms with Crippen LogP contribution in [0.15, 0.2) is 65.8 Å². The first-order valence-electron chi connectivity index (χ1n) is 10.4. The van der Waals surface area contributed by atoms with Crippen LogP contribution in [0, 0.1) is 27.7 Å². The van der Waals surface area contributed by atoms with Crippen LogP contribution in [0.5, 0.6) is 0 Å². The van der Waals surface area contributed by atoms with Crippen molar-refractivity contribution in [3.8, 4) is 0 Å². The molecule has 0 radical (unpaired) electrons. The molecule has 0 spiro atoms. The summed E-state index contributed by atoms with van der Waals surface area (Å²) in [6.45, 7) is 8.76. The maximum Gasteiger partial charge on any atom is 0.243 e. The average molecular weight is 450 g/mol. The molecule has 0 saturated heterocycles. The fraction of sp³-hybridized carbons (Fsp3) is 0.240. The molecule has 7 heteroatoms. The molecule has 0 aliphatic rings. The van der Waals surface area contributed by atoms with E-state index in [9.17, 15) is 13.5 Å². The summed E-state index contributed by atoms with van der Waals surface area (Å²) in [4.78, 5) is 3.91. The predicted octanol–water partition coefficient (Wildman–Crippen LogP) is 4.29. The summed E-state index contributed by atoms with van der Waals surface area (Å²) in [7, 11) is -3.92. The molecule has 1 atom stereocenters. The predicted molar refractivity (Wildman–Crippen MR) is 126 cm³/mol. The minimum Gasteiger partial charge on any atom is -0.372 e. The number of benzene rings is 2. The molecule has 6 nitrogen and oxygen atoms in total. The highest BCUT2D eigenvalue weighted by Gasteiger charge is 2.24. The first-order valence-corrected chi connectivity index (χ1v) is 11.9. The molecule has 2 heterocycles. The zero-order valence-electron chi connectivity index (χ0n) is 18.6. The summed E-state index contributed by atoms with van der Waals surface area (Å²) in [5.41, 5.74) is 7.20. The number of aromatic nitrogens is 2. The maximum atomic E-state index is 12.8. The number of sulfonamides is 1. The fourth-order valence-electron chi connectivity index (χ4n) is 4.20. The Labute approximate surface area is 188 Å². The standard InChI is InChI=1S/C25H27N3O3S/c1-16-5-6-20-14-24(25(29)27-32(30,31)21-7-9-26-10-8-21)28(23(20)13-16)15-22-18(3)11-17(2)12-19(22)4/h5-14,25,27,29H,15H2,1-4H3. The fourth-order valence-corrected chi connectivity index (χ4v) is 5.23. The van der Waals surface area contributed by atoms with E-state index in [1.54, 1.807) is 0 Å². The molecule has 0 aliphatic heterocycles. The Balaban J connectivity index is 1.80. The van der Waals surface area contributed by atoms with Gasteiger partial charge in [0.2, 0.25) is 10.0 Å². The minimum absolute atomic E-state index is 0.0512. The smallest absolute Gasteiger partial charge is 0.243 e. The monoisotopic (exact) mass is 449 g/mol. The van der Waals surface area contributed by atoms with E-state index in [1.807, 2.05) is 29.7 Å². The highest BCUT2D eigenvalue weighted by atomic mass is 32.2. The first-order chi connectivity index (χ1) is 15.2. The lowest BCUT2D eigenvalue weighted by atomic mass is 9.99. The van der Waals surface area contributed by atoms with Gasteiger partial charge >= 0.3 is 0 Å². The molecule has 2 aromatic carbocycles. The summed E-state index contributed by atoms with van der Waals surface area (Å²) in [5, 5.41) is 11.9. The van der Waals surface area contributed by atoms with Crippen molar-refractivity contribution in [2.24, 2.45) is 0 Å². The number of rotatable bonds is 6. The van der Waals surface area contributed by atoms with Gasteiger partial charge < -0.3 is 9.67 Å². The van der Waals surface area contributed by atoms with E-state index in [2.05, 4.69) is 48.7 Å². The second-order valence-corrected chi connectivity index (χ2v) is 10.0. The number of hydrogen-bond acceptors (Lipinski definition) is 4. The van der Waals surface area contributed by atoms with Crippen LogP contribution >= 0.6 is 0 Å². The summed E-state index contributed by atoms with van der Waals surface area (Å²) >= 11 is 0. The molecular formula is C25H27N3O3S. The molecule has 2 N–H and O–H groups in total. The molecular weight excluding hydrogens is 422 g/mol. The van der Waals surface area contributed by atoms with Crippen molar-refractivity contribution in [1.82, 2.24) is 14.3 Å². The van der Waals surface area contributed by atoms with Crippen molar-refractivity contribution in [2.75, 3.05) is 0 Å². The summed E-state index contributed by atoms with van der Waals surface area (Å²) < 4.78 is 30.0. The van der Waals surface area contributed by atoms with Crippen molar-refractivity contribution in [3.63, 3.8) is 0 Å². The van der Waals surface area contributed by atoms with Gasteiger partial charge in [0.15, 0.2) is 6.23 Å². The van der Waals surface area contributed by atoms with E-state index in [0.717, 1.165) is 33.2 Å². The lowest BCUT2D eigenvalue weighted by molar-refractivity contribution is 0.158. The number of aryl methyl sites for hydroxylation is 4. The zero-order valence-corrected chi connectivity index (χ0v) is 19.4. The molecule has 4 aromatic rings. The first kappa shape index (κ1) is 22.2. The van der Waals surface area contributed by atoms with Crippen LogP contribution in [-0.2, 0) is 16.6 Å². The zero-order chi connectivity index (χ0) is 23.0. The Morgan fingerprint density at radius 2 is 1.59 bits per heavy atom. The Morgan fingerprint density at radius 1 is 0.938 bits per heavy atom. The van der Waals surface area contributed by atoms with E-state index in [0.29, 0.717) is 12.2 Å². The van der Waals surface area contributed by atoms with Crippen molar-refractivity contribution in [1.29, 1.82) is 0 Å². The van der Waals surface area contributed by atoms with Crippen molar-refractivity contribution >= 4 is 20.9 Å². The number of aliphatic hydroxyl groups excluding tert-OH is 1. The third kappa shape index (κ3) is 4.32. The number of hydrogen-bond donors (Lipinski definition) is 2. The van der Waals surface area contributed by atoms with E-state index >= 15 is 0 Å². The molecule has 32 heavy (non-hydrogen) atoms. The van der Waals surface area contributed by atoms with Crippen LogP contribution in [0.25, 0.3) is 10.9 Å². The topological polar surface area (TPSA) is 84.2 Å². The Kier molecular flexibility index (Phi) is 5.90. The Morgan fingerprint density at radius 3 is 2.25 bits per heavy atom. The molecule has 1 unspecified atom stereocenters. The molecule has 166 valence electrons. The van der Waals surface area contributed by atoms with Gasteiger partial charge in [0.25, 0.3) is 0 Å². The molecule has 0 saturated carbocycles. The molecule has 0 amide bonds. The van der Waals surface area contributed by atoms with Crippen LogP contribution < -0.4 is 4.72 Å². The van der Waals surface area contributed by atoms with Crippen molar-refractivity contribution < 1.29 is 13.5 Å². The van der Waals surface area contributed by atoms with Gasteiger partial charge in [0.05, 0.1) is 10.6 Å². The third-order valence-electron chi connectivity index (χ3n) is 5.76. The molecule has 4 rings (SSSR count). The van der Waals surface area contributed by atoms with E-state index in [4.69, 9.17) is 0 Å². The number of aliphatic hydroxyl groups is 1. The van der Waals surface area contributed by atoms with Crippen LogP contribution in [-0.4, -0.2) is 23.1 Å². The molecule has 0 aliphatic carbocycles. The van der Waals surface area contributed by atoms with Crippen molar-refractivity contribution in [3.05, 3.63) is 94.4 Å². The largest absolute Gasteiger partial charge is 0.372 e. The van der Waals surface area contributed by atoms with Gasteiger partial charge in [-0.3, -0.25) is 4.98 Å². The van der Waals surface area contributed by atoms with Gasteiger partial charge in [-0.05, 0) is 74.2 Å². The Hall–Kier alpha value is -3.00. The molecule has 0 fully saturated rings. The maximum absolute atomic E-state index is 12.8. The quantitative estimate of drug-likeness (QED) is 0.430.